The van der Waals surface area contributed by atoms with Crippen LogP contribution in [0.1, 0.15) is 54.4 Å². The van der Waals surface area contributed by atoms with Gasteiger partial charge in [0.1, 0.15) is 0 Å². The first kappa shape index (κ1) is 12.2. The minimum Gasteiger partial charge on any atom is -0.348 e. The highest BCUT2D eigenvalue weighted by molar-refractivity contribution is 7.17. The number of anilines is 1. The topological polar surface area (TPSA) is 33.2 Å². The number of carbonyl (C=O) groups excluding carboxylic acids is 1. The fraction of sp³-hybridized carbons (Fsp3) is 0.714. The number of nitrogens with zero attached hydrogens (tertiary/aromatic N) is 2. The molecule has 3 nitrogen and oxygen atoms in total. The van der Waals surface area contributed by atoms with Gasteiger partial charge in [-0.1, -0.05) is 24.7 Å². The molecule has 0 N–H and O–H groups in total. The van der Waals surface area contributed by atoms with Crippen molar-refractivity contribution in [3.05, 3.63) is 10.6 Å². The second kappa shape index (κ2) is 5.00. The largest absolute Gasteiger partial charge is 0.348 e. The fourth-order valence-corrected chi connectivity index (χ4v) is 4.16. The third kappa shape index (κ3) is 2.18. The van der Waals surface area contributed by atoms with Crippen molar-refractivity contribution in [1.82, 2.24) is 4.98 Å². The van der Waals surface area contributed by atoms with E-state index in [0.29, 0.717) is 12.2 Å². The first-order valence-electron chi connectivity index (χ1n) is 7.05. The Morgan fingerprint density at radius 3 is 3.11 bits per heavy atom. The summed E-state index contributed by atoms with van der Waals surface area (Å²) < 4.78 is 0. The number of ketones is 1. The molecule has 2 aliphatic rings. The molecule has 1 saturated heterocycles. The smallest absolute Gasteiger partial charge is 0.186 e. The van der Waals surface area contributed by atoms with Crippen molar-refractivity contribution in [2.45, 2.75) is 45.4 Å². The van der Waals surface area contributed by atoms with Gasteiger partial charge in [0, 0.05) is 19.5 Å². The molecule has 98 valence electrons. The van der Waals surface area contributed by atoms with Gasteiger partial charge >= 0.3 is 0 Å². The van der Waals surface area contributed by atoms with Crippen LogP contribution in [0.4, 0.5) is 5.13 Å². The quantitative estimate of drug-likeness (QED) is 0.840. The molecule has 18 heavy (non-hydrogen) atoms. The Morgan fingerprint density at radius 1 is 1.44 bits per heavy atom. The second-order valence-corrected chi connectivity index (χ2v) is 6.42. The van der Waals surface area contributed by atoms with Crippen LogP contribution in [-0.4, -0.2) is 23.9 Å². The number of thiazole rings is 1. The summed E-state index contributed by atoms with van der Waals surface area (Å²) in [5, 5.41) is 1.09. The van der Waals surface area contributed by atoms with Gasteiger partial charge in [0.25, 0.3) is 0 Å². The number of carbonyl (C=O) groups is 1. The van der Waals surface area contributed by atoms with E-state index in [4.69, 9.17) is 4.98 Å². The Morgan fingerprint density at radius 2 is 2.33 bits per heavy atom. The van der Waals surface area contributed by atoms with Crippen LogP contribution in [-0.2, 0) is 6.42 Å². The van der Waals surface area contributed by atoms with E-state index >= 15 is 0 Å². The van der Waals surface area contributed by atoms with Gasteiger partial charge in [0.15, 0.2) is 10.9 Å². The van der Waals surface area contributed by atoms with Crippen molar-refractivity contribution < 1.29 is 4.79 Å². The maximum absolute atomic E-state index is 11.8. The molecule has 1 fully saturated rings. The number of Topliss-reactive ketones (excluding diaryl/α,β-unsaturated/α-hetero) is 1. The van der Waals surface area contributed by atoms with E-state index in [-0.39, 0.29) is 0 Å². The summed E-state index contributed by atoms with van der Waals surface area (Å²) in [5.74, 6) is 1.14. The zero-order valence-electron chi connectivity index (χ0n) is 10.9. The van der Waals surface area contributed by atoms with Crippen molar-refractivity contribution in [1.29, 1.82) is 0 Å². The Labute approximate surface area is 112 Å². The Bertz CT molecular complexity index is 455. The van der Waals surface area contributed by atoms with Gasteiger partial charge in [-0.2, -0.15) is 0 Å². The predicted molar refractivity (Wildman–Crippen MR) is 74.6 cm³/mol. The van der Waals surface area contributed by atoms with E-state index in [1.165, 1.54) is 19.3 Å². The van der Waals surface area contributed by atoms with E-state index in [0.717, 1.165) is 47.6 Å². The lowest BCUT2D eigenvalue weighted by Crippen LogP contribution is -2.19. The number of rotatable bonds is 3. The first-order valence-corrected chi connectivity index (χ1v) is 7.87. The highest BCUT2D eigenvalue weighted by Crippen LogP contribution is 2.34. The maximum atomic E-state index is 11.8. The standard InChI is InChI=1S/C14H20N2OS/c1-2-4-10-7-8-16(9-10)14-15-11-5-3-6-12(17)13(11)18-14/h10H,2-9H2,1H3. The highest BCUT2D eigenvalue weighted by atomic mass is 32.1. The number of aryl methyl sites for hydroxylation is 1. The van der Waals surface area contributed by atoms with Crippen LogP contribution < -0.4 is 4.90 Å². The highest BCUT2D eigenvalue weighted by Gasteiger charge is 2.28. The van der Waals surface area contributed by atoms with Crippen molar-refractivity contribution in [2.24, 2.45) is 5.92 Å². The molecule has 0 bridgehead atoms. The number of fused-ring (bicyclic) bond motifs is 1. The van der Waals surface area contributed by atoms with Crippen molar-refractivity contribution in [3.8, 4) is 0 Å². The molecular weight excluding hydrogens is 244 g/mol. The second-order valence-electron chi connectivity index (χ2n) is 5.44. The zero-order chi connectivity index (χ0) is 12.5. The molecule has 1 aromatic heterocycles. The Hall–Kier alpha value is -0.900. The minimum atomic E-state index is 0.310. The first-order chi connectivity index (χ1) is 8.78. The Kier molecular flexibility index (Phi) is 3.37. The summed E-state index contributed by atoms with van der Waals surface area (Å²) in [6, 6.07) is 0. The van der Waals surface area contributed by atoms with Gasteiger partial charge in [-0.25, -0.2) is 4.98 Å². The molecule has 3 rings (SSSR count). The summed E-state index contributed by atoms with van der Waals surface area (Å²) in [6.07, 6.45) is 6.56. The lowest BCUT2D eigenvalue weighted by atomic mass is 10.0. The number of aromatic nitrogens is 1. The average molecular weight is 264 g/mol. The molecule has 1 unspecified atom stereocenters. The molecule has 0 radical (unpaired) electrons. The van der Waals surface area contributed by atoms with Gasteiger partial charge < -0.3 is 4.90 Å². The summed E-state index contributed by atoms with van der Waals surface area (Å²) in [7, 11) is 0. The van der Waals surface area contributed by atoms with Crippen LogP contribution in [0.2, 0.25) is 0 Å². The summed E-state index contributed by atoms with van der Waals surface area (Å²) >= 11 is 1.63. The van der Waals surface area contributed by atoms with Crippen LogP contribution in [0.15, 0.2) is 0 Å². The molecule has 1 atom stereocenters. The summed E-state index contributed by atoms with van der Waals surface area (Å²) in [5.41, 5.74) is 1.06. The minimum absolute atomic E-state index is 0.310. The monoisotopic (exact) mass is 264 g/mol. The van der Waals surface area contributed by atoms with Gasteiger partial charge in [-0.15, -0.1) is 0 Å². The molecule has 1 aliphatic carbocycles. The van der Waals surface area contributed by atoms with Crippen molar-refractivity contribution >= 4 is 22.3 Å². The van der Waals surface area contributed by atoms with Gasteiger partial charge in [-0.05, 0) is 31.6 Å². The SMILES string of the molecule is CCCC1CCN(c2nc3c(s2)C(=O)CCC3)C1. The molecular formula is C14H20N2OS. The van der Waals surface area contributed by atoms with Crippen LogP contribution >= 0.6 is 11.3 Å². The molecule has 0 aromatic carbocycles. The molecule has 1 aromatic rings. The van der Waals surface area contributed by atoms with E-state index < -0.39 is 0 Å². The van der Waals surface area contributed by atoms with Gasteiger partial charge in [0.2, 0.25) is 0 Å². The fourth-order valence-electron chi connectivity index (χ4n) is 3.04. The predicted octanol–water partition coefficient (Wildman–Crippen LogP) is 3.29. The lowest BCUT2D eigenvalue weighted by Gasteiger charge is -2.14. The van der Waals surface area contributed by atoms with Crippen LogP contribution in [0.25, 0.3) is 0 Å². The number of hydrogen-bond acceptors (Lipinski definition) is 4. The van der Waals surface area contributed by atoms with Gasteiger partial charge in [0.05, 0.1) is 10.6 Å². The lowest BCUT2D eigenvalue weighted by molar-refractivity contribution is 0.0976. The normalized spacial score (nSPS) is 23.5. The number of hydrogen-bond donors (Lipinski definition) is 0. The molecule has 4 heteroatoms. The third-order valence-electron chi connectivity index (χ3n) is 4.01. The van der Waals surface area contributed by atoms with E-state index in [9.17, 15) is 4.79 Å². The molecule has 0 amide bonds. The van der Waals surface area contributed by atoms with Crippen molar-refractivity contribution in [2.75, 3.05) is 18.0 Å². The van der Waals surface area contributed by atoms with Gasteiger partial charge in [-0.3, -0.25) is 4.79 Å². The molecule has 0 spiro atoms. The molecule has 0 saturated carbocycles. The molecule has 1 aliphatic heterocycles. The third-order valence-corrected chi connectivity index (χ3v) is 5.21. The van der Waals surface area contributed by atoms with E-state index in [1.807, 2.05) is 0 Å². The van der Waals surface area contributed by atoms with Crippen LogP contribution in [0.5, 0.6) is 0 Å². The maximum Gasteiger partial charge on any atom is 0.186 e. The Balaban J connectivity index is 1.76. The van der Waals surface area contributed by atoms with E-state index in [2.05, 4.69) is 11.8 Å². The van der Waals surface area contributed by atoms with Crippen molar-refractivity contribution in [3.63, 3.8) is 0 Å². The zero-order valence-corrected chi connectivity index (χ0v) is 11.8. The van der Waals surface area contributed by atoms with E-state index in [1.54, 1.807) is 11.3 Å². The summed E-state index contributed by atoms with van der Waals surface area (Å²) in [6.45, 7) is 4.50. The van der Waals surface area contributed by atoms with Crippen LogP contribution in [0.3, 0.4) is 0 Å². The average Bonchev–Trinajstić information content (AvgIpc) is 2.96. The molecule has 2 heterocycles. The summed E-state index contributed by atoms with van der Waals surface area (Å²) in [4.78, 5) is 19.9. The van der Waals surface area contributed by atoms with Crippen LogP contribution in [0, 0.1) is 5.92 Å².